The third-order valence-corrected chi connectivity index (χ3v) is 4.70. The highest BCUT2D eigenvalue weighted by atomic mass is 16.5. The molecule has 1 aromatic heterocycles. The van der Waals surface area contributed by atoms with Gasteiger partial charge in [-0.25, -0.2) is 0 Å². The normalized spacial score (nSPS) is 12.5. The fourth-order valence-electron chi connectivity index (χ4n) is 3.34. The number of allylic oxidation sites excluding steroid dienone is 1. The maximum absolute atomic E-state index is 5.35. The molecule has 1 N–H and O–H groups in total. The highest BCUT2D eigenvalue weighted by Crippen LogP contribution is 2.33. The Bertz CT molecular complexity index is 1020. The fraction of sp³-hybridized carbons (Fsp3) is 0.0833. The predicted molar refractivity (Wildman–Crippen MR) is 109 cm³/mol. The molecule has 0 bridgehead atoms. The molecule has 0 amide bonds. The molecule has 0 saturated heterocycles. The highest BCUT2D eigenvalue weighted by molar-refractivity contribution is 5.86. The van der Waals surface area contributed by atoms with Crippen LogP contribution in [0.15, 0.2) is 91.1 Å². The van der Waals surface area contributed by atoms with Crippen LogP contribution in [0, 0.1) is 0 Å². The molecule has 3 aromatic carbocycles. The molecule has 0 radical (unpaired) electrons. The summed E-state index contributed by atoms with van der Waals surface area (Å²) in [6.07, 6.45) is 6.58. The van der Waals surface area contributed by atoms with E-state index in [-0.39, 0.29) is 5.92 Å². The van der Waals surface area contributed by atoms with E-state index in [1.807, 2.05) is 18.2 Å². The zero-order valence-corrected chi connectivity index (χ0v) is 14.7. The molecule has 4 rings (SSSR count). The van der Waals surface area contributed by atoms with Gasteiger partial charge in [0.1, 0.15) is 5.75 Å². The molecule has 2 nitrogen and oxygen atoms in total. The predicted octanol–water partition coefficient (Wildman–Crippen LogP) is 6.02. The number of hydrogen-bond acceptors (Lipinski definition) is 1. The second kappa shape index (κ2) is 7.32. The van der Waals surface area contributed by atoms with Crippen molar-refractivity contribution >= 4 is 17.0 Å². The smallest absolute Gasteiger partial charge is 0.120 e. The van der Waals surface area contributed by atoms with Gasteiger partial charge in [0.05, 0.1) is 7.11 Å². The van der Waals surface area contributed by atoms with Gasteiger partial charge in [-0.2, -0.15) is 0 Å². The van der Waals surface area contributed by atoms with E-state index in [1.165, 1.54) is 22.1 Å². The van der Waals surface area contributed by atoms with Gasteiger partial charge in [-0.15, -0.1) is 0 Å². The summed E-state index contributed by atoms with van der Waals surface area (Å²) in [5, 5.41) is 1.22. The van der Waals surface area contributed by atoms with Crippen LogP contribution in [0.3, 0.4) is 0 Å². The van der Waals surface area contributed by atoms with E-state index in [2.05, 4.69) is 84.0 Å². The molecule has 26 heavy (non-hydrogen) atoms. The Morgan fingerprint density at radius 2 is 1.62 bits per heavy atom. The van der Waals surface area contributed by atoms with Crippen LogP contribution in [0.5, 0.6) is 5.75 Å². The Morgan fingerprint density at radius 3 is 2.35 bits per heavy atom. The van der Waals surface area contributed by atoms with Gasteiger partial charge in [-0.3, -0.25) is 0 Å². The van der Waals surface area contributed by atoms with E-state index in [9.17, 15) is 0 Å². The summed E-state index contributed by atoms with van der Waals surface area (Å²) in [7, 11) is 1.69. The van der Waals surface area contributed by atoms with E-state index in [0.29, 0.717) is 0 Å². The van der Waals surface area contributed by atoms with E-state index >= 15 is 0 Å². The molecule has 0 aliphatic carbocycles. The van der Waals surface area contributed by atoms with Gasteiger partial charge in [-0.05, 0) is 28.8 Å². The number of aromatic nitrogens is 1. The molecular formula is C24H21NO. The van der Waals surface area contributed by atoms with Crippen molar-refractivity contribution in [2.45, 2.75) is 5.92 Å². The van der Waals surface area contributed by atoms with Gasteiger partial charge in [0.2, 0.25) is 0 Å². The van der Waals surface area contributed by atoms with Crippen LogP contribution < -0.4 is 4.74 Å². The van der Waals surface area contributed by atoms with E-state index in [1.54, 1.807) is 7.11 Å². The monoisotopic (exact) mass is 339 g/mol. The number of ether oxygens (including phenoxy) is 1. The van der Waals surface area contributed by atoms with Crippen LogP contribution in [-0.4, -0.2) is 12.1 Å². The number of H-pyrrole nitrogens is 1. The molecule has 1 atom stereocenters. The van der Waals surface area contributed by atoms with Crippen molar-refractivity contribution in [3.05, 3.63) is 108 Å². The first-order valence-electron chi connectivity index (χ1n) is 8.78. The summed E-state index contributed by atoms with van der Waals surface area (Å²) in [5.74, 6) is 1.04. The summed E-state index contributed by atoms with van der Waals surface area (Å²) in [6.45, 7) is 0. The van der Waals surface area contributed by atoms with Crippen LogP contribution >= 0.6 is 0 Å². The van der Waals surface area contributed by atoms with Crippen LogP contribution in [0.4, 0.5) is 0 Å². The number of hydrogen-bond donors (Lipinski definition) is 1. The molecule has 0 aliphatic rings. The van der Waals surface area contributed by atoms with Crippen LogP contribution in [-0.2, 0) is 0 Å². The van der Waals surface area contributed by atoms with E-state index in [0.717, 1.165) is 11.3 Å². The van der Waals surface area contributed by atoms with Gasteiger partial charge in [0.15, 0.2) is 0 Å². The summed E-state index contributed by atoms with van der Waals surface area (Å²) in [5.41, 5.74) is 4.83. The number of methoxy groups -OCH3 is 1. The quantitative estimate of drug-likeness (QED) is 0.472. The molecule has 1 heterocycles. The van der Waals surface area contributed by atoms with Crippen molar-refractivity contribution < 1.29 is 4.74 Å². The Morgan fingerprint density at radius 1 is 0.885 bits per heavy atom. The number of nitrogens with one attached hydrogen (secondary N) is 1. The average Bonchev–Trinajstić information content (AvgIpc) is 3.13. The lowest BCUT2D eigenvalue weighted by atomic mass is 9.90. The second-order valence-electron chi connectivity index (χ2n) is 6.31. The van der Waals surface area contributed by atoms with Gasteiger partial charge in [0, 0.05) is 29.1 Å². The Balaban J connectivity index is 1.79. The second-order valence-corrected chi connectivity index (χ2v) is 6.31. The minimum atomic E-state index is 0.179. The standard InChI is InChI=1S/C24H21NO/c1-26-20-13-15-22-23(17-25-24(22)16-20)21(19-10-6-3-7-11-19)14-12-18-8-4-2-5-9-18/h2-17,21,25H,1H3/b14-12+/t21-/m0/s1. The van der Waals surface area contributed by atoms with Crippen LogP contribution in [0.2, 0.25) is 0 Å². The SMILES string of the molecule is COc1ccc2c([C@@H](/C=C/c3ccccc3)c3ccccc3)c[nH]c2c1. The first-order chi connectivity index (χ1) is 12.8. The first-order valence-corrected chi connectivity index (χ1v) is 8.78. The molecule has 2 heteroatoms. The summed E-state index contributed by atoms with van der Waals surface area (Å²) in [6, 6.07) is 27.2. The molecule has 4 aromatic rings. The molecule has 0 saturated carbocycles. The maximum Gasteiger partial charge on any atom is 0.120 e. The van der Waals surface area contributed by atoms with Gasteiger partial charge >= 0.3 is 0 Å². The number of fused-ring (bicyclic) bond motifs is 1. The lowest BCUT2D eigenvalue weighted by Crippen LogP contribution is -1.96. The molecule has 128 valence electrons. The zero-order valence-electron chi connectivity index (χ0n) is 14.7. The summed E-state index contributed by atoms with van der Waals surface area (Å²) in [4.78, 5) is 3.40. The highest BCUT2D eigenvalue weighted by Gasteiger charge is 2.15. The van der Waals surface area contributed by atoms with Crippen molar-refractivity contribution in [2.75, 3.05) is 7.11 Å². The molecule has 0 aliphatic heterocycles. The van der Waals surface area contributed by atoms with Crippen molar-refractivity contribution in [1.82, 2.24) is 4.98 Å². The van der Waals surface area contributed by atoms with Crippen molar-refractivity contribution in [2.24, 2.45) is 0 Å². The third kappa shape index (κ3) is 3.27. The van der Waals surface area contributed by atoms with E-state index in [4.69, 9.17) is 4.74 Å². The lowest BCUT2D eigenvalue weighted by Gasteiger charge is -2.13. The Hall–Kier alpha value is -3.26. The average molecular weight is 339 g/mol. The zero-order chi connectivity index (χ0) is 17.8. The fourth-order valence-corrected chi connectivity index (χ4v) is 3.34. The number of benzene rings is 3. The van der Waals surface area contributed by atoms with Crippen LogP contribution in [0.25, 0.3) is 17.0 Å². The summed E-state index contributed by atoms with van der Waals surface area (Å²) >= 11 is 0. The largest absolute Gasteiger partial charge is 0.497 e. The Labute approximate surface area is 153 Å². The van der Waals surface area contributed by atoms with Gasteiger partial charge in [-0.1, -0.05) is 72.8 Å². The number of aromatic amines is 1. The first kappa shape index (κ1) is 16.2. The minimum Gasteiger partial charge on any atom is -0.497 e. The molecular weight excluding hydrogens is 318 g/mol. The Kier molecular flexibility index (Phi) is 4.57. The van der Waals surface area contributed by atoms with E-state index < -0.39 is 0 Å². The lowest BCUT2D eigenvalue weighted by molar-refractivity contribution is 0.415. The van der Waals surface area contributed by atoms with Crippen molar-refractivity contribution in [1.29, 1.82) is 0 Å². The topological polar surface area (TPSA) is 25.0 Å². The number of rotatable bonds is 5. The summed E-state index contributed by atoms with van der Waals surface area (Å²) < 4.78 is 5.35. The van der Waals surface area contributed by atoms with Crippen molar-refractivity contribution in [3.8, 4) is 5.75 Å². The van der Waals surface area contributed by atoms with Crippen molar-refractivity contribution in [3.63, 3.8) is 0 Å². The van der Waals surface area contributed by atoms with Gasteiger partial charge < -0.3 is 9.72 Å². The maximum atomic E-state index is 5.35. The molecule has 0 spiro atoms. The molecule has 0 unspecified atom stereocenters. The molecule has 0 fully saturated rings. The van der Waals surface area contributed by atoms with Gasteiger partial charge in [0.25, 0.3) is 0 Å². The minimum absolute atomic E-state index is 0.179. The van der Waals surface area contributed by atoms with Crippen LogP contribution in [0.1, 0.15) is 22.6 Å². The third-order valence-electron chi connectivity index (χ3n) is 4.70.